The van der Waals surface area contributed by atoms with E-state index in [1.54, 1.807) is 12.3 Å². The number of hydrogen-bond acceptors (Lipinski definition) is 2. The summed E-state index contributed by atoms with van der Waals surface area (Å²) in [5.74, 6) is -0.364. The number of nitrogens with zero attached hydrogens (tertiary/aromatic N) is 1. The van der Waals surface area contributed by atoms with Crippen LogP contribution < -0.4 is 5.32 Å². The molecule has 4 heteroatoms. The summed E-state index contributed by atoms with van der Waals surface area (Å²) in [6, 6.07) is 11.1. The average molecular weight is 293 g/mol. The first-order valence-corrected chi connectivity index (χ1v) is 7.14. The van der Waals surface area contributed by atoms with E-state index in [0.29, 0.717) is 0 Å². The third kappa shape index (κ3) is 4.29. The Morgan fingerprint density at radius 2 is 2.10 bits per heavy atom. The van der Waals surface area contributed by atoms with E-state index >= 15 is 0 Å². The predicted molar refractivity (Wildman–Crippen MR) is 80.5 cm³/mol. The monoisotopic (exact) mass is 292 g/mol. The summed E-state index contributed by atoms with van der Waals surface area (Å²) in [6.45, 7) is 2.93. The Hall–Kier alpha value is -1.45. The second kappa shape index (κ2) is 7.36. The van der Waals surface area contributed by atoms with Gasteiger partial charge in [0.1, 0.15) is 5.82 Å². The van der Waals surface area contributed by atoms with Gasteiger partial charge < -0.3 is 5.32 Å². The summed E-state index contributed by atoms with van der Waals surface area (Å²) in [7, 11) is 0. The zero-order valence-electron chi connectivity index (χ0n) is 11.4. The van der Waals surface area contributed by atoms with Gasteiger partial charge in [-0.2, -0.15) is 0 Å². The van der Waals surface area contributed by atoms with Crippen molar-refractivity contribution in [2.45, 2.75) is 25.8 Å². The molecule has 0 radical (unpaired) electrons. The van der Waals surface area contributed by atoms with E-state index in [1.807, 2.05) is 24.3 Å². The van der Waals surface area contributed by atoms with E-state index in [0.717, 1.165) is 30.6 Å². The fourth-order valence-electron chi connectivity index (χ4n) is 2.23. The summed E-state index contributed by atoms with van der Waals surface area (Å²) in [5.41, 5.74) is 1.97. The van der Waals surface area contributed by atoms with Crippen molar-refractivity contribution in [1.82, 2.24) is 10.3 Å². The van der Waals surface area contributed by atoms with Gasteiger partial charge >= 0.3 is 0 Å². The highest BCUT2D eigenvalue weighted by Crippen LogP contribution is 2.17. The Labute approximate surface area is 124 Å². The zero-order chi connectivity index (χ0) is 14.4. The number of rotatable bonds is 6. The Morgan fingerprint density at radius 3 is 2.75 bits per heavy atom. The molecule has 2 aromatic rings. The molecule has 1 unspecified atom stereocenters. The van der Waals surface area contributed by atoms with Crippen molar-refractivity contribution < 1.29 is 4.39 Å². The minimum absolute atomic E-state index is 0.165. The number of pyridine rings is 1. The molecule has 0 amide bonds. The minimum Gasteiger partial charge on any atom is -0.314 e. The molecule has 0 aliphatic heterocycles. The topological polar surface area (TPSA) is 24.9 Å². The molecule has 106 valence electrons. The Morgan fingerprint density at radius 1 is 1.25 bits per heavy atom. The highest BCUT2D eigenvalue weighted by molar-refractivity contribution is 6.30. The van der Waals surface area contributed by atoms with Gasteiger partial charge in [0.2, 0.25) is 0 Å². The largest absolute Gasteiger partial charge is 0.314 e. The van der Waals surface area contributed by atoms with Gasteiger partial charge in [0.15, 0.2) is 0 Å². The number of aromatic nitrogens is 1. The molecule has 0 bridgehead atoms. The molecule has 0 spiro atoms. The normalized spacial score (nSPS) is 12.3. The molecule has 1 aromatic carbocycles. The third-order valence-corrected chi connectivity index (χ3v) is 3.45. The molecule has 0 saturated heterocycles. The molecule has 1 N–H and O–H groups in total. The van der Waals surface area contributed by atoms with E-state index in [-0.39, 0.29) is 16.9 Å². The van der Waals surface area contributed by atoms with Crippen LogP contribution in [0.3, 0.4) is 0 Å². The second-order valence-corrected chi connectivity index (χ2v) is 5.14. The molecule has 2 rings (SSSR count). The van der Waals surface area contributed by atoms with Crippen LogP contribution in [-0.4, -0.2) is 17.6 Å². The molecule has 1 aromatic heterocycles. The van der Waals surface area contributed by atoms with Crippen LogP contribution >= 0.6 is 11.6 Å². The maximum Gasteiger partial charge on any atom is 0.142 e. The fraction of sp³-hybridized carbons (Fsp3) is 0.312. The van der Waals surface area contributed by atoms with Crippen LogP contribution in [-0.2, 0) is 12.8 Å². The van der Waals surface area contributed by atoms with E-state index in [4.69, 9.17) is 11.6 Å². The van der Waals surface area contributed by atoms with Crippen molar-refractivity contribution in [3.05, 3.63) is 64.7 Å². The van der Waals surface area contributed by atoms with Crippen LogP contribution in [0.5, 0.6) is 0 Å². The van der Waals surface area contributed by atoms with Crippen molar-refractivity contribution in [2.24, 2.45) is 0 Å². The van der Waals surface area contributed by atoms with Crippen molar-refractivity contribution >= 4 is 11.6 Å². The van der Waals surface area contributed by atoms with Gasteiger partial charge in [0, 0.05) is 24.4 Å². The first-order valence-electron chi connectivity index (χ1n) is 6.76. The summed E-state index contributed by atoms with van der Waals surface area (Å²) >= 11 is 5.71. The molecule has 0 fully saturated rings. The van der Waals surface area contributed by atoms with Gasteiger partial charge in [-0.05, 0) is 42.8 Å². The van der Waals surface area contributed by atoms with E-state index in [9.17, 15) is 4.39 Å². The van der Waals surface area contributed by atoms with Crippen LogP contribution in [0.15, 0.2) is 42.6 Å². The van der Waals surface area contributed by atoms with Gasteiger partial charge in [0.25, 0.3) is 0 Å². The smallest absolute Gasteiger partial charge is 0.142 e. The van der Waals surface area contributed by atoms with Crippen molar-refractivity contribution in [3.63, 3.8) is 0 Å². The lowest BCUT2D eigenvalue weighted by Gasteiger charge is -2.17. The van der Waals surface area contributed by atoms with Crippen LogP contribution in [0.25, 0.3) is 0 Å². The number of halogens is 2. The quantitative estimate of drug-likeness (QED) is 0.879. The predicted octanol–water partition coefficient (Wildman–Crippen LogP) is 3.64. The molecular formula is C16H18ClFN2. The number of benzene rings is 1. The molecule has 1 atom stereocenters. The van der Waals surface area contributed by atoms with Gasteiger partial charge in [-0.3, -0.25) is 4.98 Å². The summed E-state index contributed by atoms with van der Waals surface area (Å²) in [6.07, 6.45) is 3.36. The van der Waals surface area contributed by atoms with E-state index < -0.39 is 0 Å². The van der Waals surface area contributed by atoms with Gasteiger partial charge in [-0.15, -0.1) is 0 Å². The van der Waals surface area contributed by atoms with Gasteiger partial charge in [0.05, 0.1) is 5.02 Å². The van der Waals surface area contributed by atoms with Crippen LogP contribution in [0.1, 0.15) is 18.2 Å². The first kappa shape index (κ1) is 14.9. The Kier molecular flexibility index (Phi) is 5.50. The average Bonchev–Trinajstić information content (AvgIpc) is 2.44. The fourth-order valence-corrected chi connectivity index (χ4v) is 2.35. The van der Waals surface area contributed by atoms with Crippen molar-refractivity contribution in [2.75, 3.05) is 6.54 Å². The first-order chi connectivity index (χ1) is 9.69. The molecular weight excluding hydrogens is 275 g/mol. The molecule has 2 nitrogen and oxygen atoms in total. The number of likely N-dealkylation sites (N-methyl/N-ethyl adjacent to an activating group) is 1. The SMILES string of the molecule is CCNC(Cc1ccc(Cl)c(F)c1)Cc1ccccn1. The van der Waals surface area contributed by atoms with Crippen LogP contribution in [0.2, 0.25) is 5.02 Å². The maximum atomic E-state index is 13.5. The molecule has 0 aliphatic carbocycles. The summed E-state index contributed by atoms with van der Waals surface area (Å²) in [4.78, 5) is 4.34. The highest BCUT2D eigenvalue weighted by atomic mass is 35.5. The van der Waals surface area contributed by atoms with Crippen LogP contribution in [0.4, 0.5) is 4.39 Å². The lowest BCUT2D eigenvalue weighted by Crippen LogP contribution is -2.33. The Balaban J connectivity index is 2.06. The molecule has 0 aliphatic rings. The molecule has 1 heterocycles. The van der Waals surface area contributed by atoms with E-state index in [2.05, 4.69) is 17.2 Å². The Bertz CT molecular complexity index is 545. The zero-order valence-corrected chi connectivity index (χ0v) is 12.2. The van der Waals surface area contributed by atoms with Crippen molar-refractivity contribution in [3.8, 4) is 0 Å². The minimum atomic E-state index is -0.364. The summed E-state index contributed by atoms with van der Waals surface area (Å²) in [5, 5.41) is 3.58. The summed E-state index contributed by atoms with van der Waals surface area (Å²) < 4.78 is 13.5. The molecule has 20 heavy (non-hydrogen) atoms. The maximum absolute atomic E-state index is 13.5. The third-order valence-electron chi connectivity index (χ3n) is 3.14. The number of hydrogen-bond donors (Lipinski definition) is 1. The second-order valence-electron chi connectivity index (χ2n) is 4.73. The number of nitrogens with one attached hydrogen (secondary N) is 1. The van der Waals surface area contributed by atoms with Crippen LogP contribution in [0, 0.1) is 5.82 Å². The standard InChI is InChI=1S/C16H18ClFN2/c1-2-19-14(11-13-5-3-4-8-20-13)9-12-6-7-15(17)16(18)10-12/h3-8,10,14,19H,2,9,11H2,1H3. The van der Waals surface area contributed by atoms with Gasteiger partial charge in [-0.1, -0.05) is 30.7 Å². The van der Waals surface area contributed by atoms with E-state index in [1.165, 1.54) is 6.07 Å². The highest BCUT2D eigenvalue weighted by Gasteiger charge is 2.11. The van der Waals surface area contributed by atoms with Crippen molar-refractivity contribution in [1.29, 1.82) is 0 Å². The molecule has 0 saturated carbocycles. The lowest BCUT2D eigenvalue weighted by molar-refractivity contribution is 0.515. The lowest BCUT2D eigenvalue weighted by atomic mass is 10.0. The van der Waals surface area contributed by atoms with Gasteiger partial charge in [-0.25, -0.2) is 4.39 Å².